The van der Waals surface area contributed by atoms with Gasteiger partial charge in [0, 0.05) is 17.7 Å². The molecule has 0 aliphatic rings. The van der Waals surface area contributed by atoms with Crippen molar-refractivity contribution in [1.82, 2.24) is 0 Å². The van der Waals surface area contributed by atoms with Gasteiger partial charge in [-0.1, -0.05) is 0 Å². The Morgan fingerprint density at radius 3 is 2.14 bits per heavy atom. The van der Waals surface area contributed by atoms with E-state index in [-0.39, 0.29) is 11.3 Å². The minimum Gasteiger partial charge on any atom is -0.258 e. The fraction of sp³-hybridized carbons (Fsp3) is 0. The van der Waals surface area contributed by atoms with Crippen molar-refractivity contribution in [1.29, 1.82) is 0 Å². The molecule has 0 saturated heterocycles. The number of hydrogen-bond donors (Lipinski definition) is 0. The van der Waals surface area contributed by atoms with Gasteiger partial charge in [0.15, 0.2) is 5.83 Å². The van der Waals surface area contributed by atoms with Gasteiger partial charge in [0.2, 0.25) is 5.29 Å². The fourth-order valence-electron chi connectivity index (χ4n) is 0.839. The Labute approximate surface area is 82.8 Å². The summed E-state index contributed by atoms with van der Waals surface area (Å²) in [6.07, 6.45) is 0. The molecule has 0 radical (unpaired) electrons. The van der Waals surface area contributed by atoms with E-state index in [0.29, 0.717) is 0 Å². The van der Waals surface area contributed by atoms with E-state index in [0.717, 1.165) is 24.3 Å². The van der Waals surface area contributed by atoms with Crippen LogP contribution >= 0.6 is 11.6 Å². The van der Waals surface area contributed by atoms with Crippen LogP contribution in [-0.4, -0.2) is 4.92 Å². The molecule has 0 atom stereocenters. The molecule has 0 heterocycles. The first-order chi connectivity index (χ1) is 6.52. The zero-order valence-electron chi connectivity index (χ0n) is 6.71. The largest absolute Gasteiger partial charge is 0.269 e. The van der Waals surface area contributed by atoms with Crippen molar-refractivity contribution >= 4 is 23.1 Å². The molecule has 0 N–H and O–H groups in total. The van der Waals surface area contributed by atoms with Crippen molar-refractivity contribution in [2.75, 3.05) is 0 Å². The highest BCUT2D eigenvalue weighted by atomic mass is 35.5. The Morgan fingerprint density at radius 1 is 1.29 bits per heavy atom. The lowest BCUT2D eigenvalue weighted by Gasteiger charge is -1.96. The molecule has 1 aromatic rings. The number of rotatable bonds is 2. The van der Waals surface area contributed by atoms with Gasteiger partial charge in [0.05, 0.1) is 4.92 Å². The maximum atomic E-state index is 12.8. The summed E-state index contributed by atoms with van der Waals surface area (Å²) in [6.45, 7) is 0. The van der Waals surface area contributed by atoms with Crippen LogP contribution in [0.25, 0.3) is 5.83 Å². The molecule has 0 aromatic heterocycles. The lowest BCUT2D eigenvalue weighted by atomic mass is 10.2. The van der Waals surface area contributed by atoms with Crippen LogP contribution in [0.4, 0.5) is 14.5 Å². The third kappa shape index (κ3) is 2.26. The zero-order chi connectivity index (χ0) is 10.7. The second-order valence-corrected chi connectivity index (χ2v) is 2.71. The maximum absolute atomic E-state index is 12.8. The van der Waals surface area contributed by atoms with E-state index in [1.807, 2.05) is 0 Å². The minimum absolute atomic E-state index is 0.136. The molecular weight excluding hydrogens is 216 g/mol. The van der Waals surface area contributed by atoms with Crippen LogP contribution in [0.15, 0.2) is 29.6 Å². The topological polar surface area (TPSA) is 43.1 Å². The quantitative estimate of drug-likeness (QED) is 0.565. The summed E-state index contributed by atoms with van der Waals surface area (Å²) in [5, 5.41) is 8.74. The van der Waals surface area contributed by atoms with Gasteiger partial charge in [-0.3, -0.25) is 10.1 Å². The number of halogens is 3. The summed E-state index contributed by atoms with van der Waals surface area (Å²) in [5.41, 5.74) is -0.334. The van der Waals surface area contributed by atoms with E-state index >= 15 is 0 Å². The molecule has 74 valence electrons. The summed E-state index contributed by atoms with van der Waals surface area (Å²) >= 11 is 4.77. The first kappa shape index (κ1) is 10.6. The Balaban J connectivity index is 3.06. The van der Waals surface area contributed by atoms with Gasteiger partial charge < -0.3 is 0 Å². The van der Waals surface area contributed by atoms with Crippen molar-refractivity contribution in [3.05, 3.63) is 45.2 Å². The van der Waals surface area contributed by atoms with Gasteiger partial charge in [-0.2, -0.15) is 4.39 Å². The summed E-state index contributed by atoms with van der Waals surface area (Å²) < 4.78 is 25.0. The van der Waals surface area contributed by atoms with Crippen molar-refractivity contribution < 1.29 is 13.7 Å². The summed E-state index contributed by atoms with van der Waals surface area (Å²) in [6, 6.07) is 4.29. The molecule has 0 amide bonds. The molecule has 3 nitrogen and oxygen atoms in total. The van der Waals surface area contributed by atoms with Crippen LogP contribution in [0.1, 0.15) is 5.56 Å². The van der Waals surface area contributed by atoms with E-state index in [2.05, 4.69) is 0 Å². The van der Waals surface area contributed by atoms with Crippen LogP contribution in [0.5, 0.6) is 0 Å². The zero-order valence-corrected chi connectivity index (χ0v) is 7.46. The van der Waals surface area contributed by atoms with E-state index in [9.17, 15) is 18.9 Å². The SMILES string of the molecule is O=[N+]([O-])c1ccc(/C(F)=C(\F)Cl)cc1. The Morgan fingerprint density at radius 2 is 1.79 bits per heavy atom. The Kier molecular flexibility index (Phi) is 3.14. The lowest BCUT2D eigenvalue weighted by molar-refractivity contribution is -0.384. The summed E-state index contributed by atoms with van der Waals surface area (Å²) in [7, 11) is 0. The van der Waals surface area contributed by atoms with Crippen molar-refractivity contribution in [2.24, 2.45) is 0 Å². The van der Waals surface area contributed by atoms with E-state index in [4.69, 9.17) is 11.6 Å². The van der Waals surface area contributed by atoms with E-state index in [1.54, 1.807) is 0 Å². The number of nitrogens with zero attached hydrogens (tertiary/aromatic N) is 1. The molecule has 14 heavy (non-hydrogen) atoms. The second kappa shape index (κ2) is 4.15. The fourth-order valence-corrected chi connectivity index (χ4v) is 0.948. The highest BCUT2D eigenvalue weighted by Crippen LogP contribution is 2.25. The Hall–Kier alpha value is -1.49. The van der Waals surface area contributed by atoms with Crippen LogP contribution in [0.3, 0.4) is 0 Å². The van der Waals surface area contributed by atoms with E-state index in [1.165, 1.54) is 0 Å². The number of benzene rings is 1. The van der Waals surface area contributed by atoms with Crippen LogP contribution < -0.4 is 0 Å². The van der Waals surface area contributed by atoms with Gasteiger partial charge >= 0.3 is 0 Å². The van der Waals surface area contributed by atoms with Crippen LogP contribution in [0, 0.1) is 10.1 Å². The smallest absolute Gasteiger partial charge is 0.258 e. The van der Waals surface area contributed by atoms with Gasteiger partial charge in [-0.25, -0.2) is 4.39 Å². The van der Waals surface area contributed by atoms with Crippen molar-refractivity contribution in [2.45, 2.75) is 0 Å². The molecule has 0 unspecified atom stereocenters. The highest BCUT2D eigenvalue weighted by molar-refractivity contribution is 6.30. The van der Waals surface area contributed by atoms with Gasteiger partial charge in [-0.15, -0.1) is 0 Å². The third-order valence-corrected chi connectivity index (χ3v) is 1.66. The molecule has 0 aliphatic carbocycles. The summed E-state index contributed by atoms with van der Waals surface area (Å²) in [5.74, 6) is -1.23. The number of nitro benzene ring substituents is 1. The maximum Gasteiger partial charge on any atom is 0.269 e. The molecule has 0 saturated carbocycles. The second-order valence-electron chi connectivity index (χ2n) is 2.38. The van der Waals surface area contributed by atoms with Crippen molar-refractivity contribution in [3.63, 3.8) is 0 Å². The molecule has 6 heteroatoms. The first-order valence-electron chi connectivity index (χ1n) is 3.48. The highest BCUT2D eigenvalue weighted by Gasteiger charge is 2.09. The number of non-ortho nitro benzene ring substituents is 1. The molecule has 1 aromatic carbocycles. The van der Waals surface area contributed by atoms with Crippen LogP contribution in [-0.2, 0) is 0 Å². The van der Waals surface area contributed by atoms with Crippen molar-refractivity contribution in [3.8, 4) is 0 Å². The minimum atomic E-state index is -1.47. The Bertz CT molecular complexity index is 385. The number of nitro groups is 1. The molecule has 1 rings (SSSR count). The average Bonchev–Trinajstić information content (AvgIpc) is 2.16. The molecular formula is C8H4ClF2NO2. The van der Waals surface area contributed by atoms with Gasteiger partial charge in [0.25, 0.3) is 5.69 Å². The predicted octanol–water partition coefficient (Wildman–Crippen LogP) is 3.40. The molecule has 0 spiro atoms. The molecule has 0 aliphatic heterocycles. The molecule has 0 fully saturated rings. The first-order valence-corrected chi connectivity index (χ1v) is 3.86. The number of hydrogen-bond acceptors (Lipinski definition) is 2. The van der Waals surface area contributed by atoms with Gasteiger partial charge in [-0.05, 0) is 23.7 Å². The average molecular weight is 220 g/mol. The third-order valence-electron chi connectivity index (χ3n) is 1.50. The van der Waals surface area contributed by atoms with E-state index < -0.39 is 16.0 Å². The monoisotopic (exact) mass is 219 g/mol. The van der Waals surface area contributed by atoms with Crippen LogP contribution in [0.2, 0.25) is 0 Å². The van der Waals surface area contributed by atoms with Gasteiger partial charge in [0.1, 0.15) is 0 Å². The summed E-state index contributed by atoms with van der Waals surface area (Å²) in [4.78, 5) is 9.58. The predicted molar refractivity (Wildman–Crippen MR) is 48.1 cm³/mol. The molecule has 0 bridgehead atoms. The lowest BCUT2D eigenvalue weighted by Crippen LogP contribution is -1.87. The standard InChI is InChI=1S/C8H4ClF2NO2/c9-8(11)7(10)5-1-3-6(4-2-5)12(13)14/h1-4H/b8-7+. The normalized spacial score (nSPS) is 12.2.